The average Bonchev–Trinajstić information content (AvgIpc) is 3.29. The second-order valence-electron chi connectivity index (χ2n) is 7.03. The number of non-ortho nitro benzene ring substituents is 1. The van der Waals surface area contributed by atoms with Gasteiger partial charge in [-0.3, -0.25) is 19.5 Å². The first kappa shape index (κ1) is 24.4. The lowest BCUT2D eigenvalue weighted by molar-refractivity contribution is -0.384. The maximum Gasteiger partial charge on any atom is 0.270 e. The van der Waals surface area contributed by atoms with E-state index in [0.29, 0.717) is 32.2 Å². The number of hydrogen-bond acceptors (Lipinski definition) is 7. The predicted molar refractivity (Wildman–Crippen MR) is 136 cm³/mol. The van der Waals surface area contributed by atoms with E-state index in [1.807, 2.05) is 30.3 Å². The summed E-state index contributed by atoms with van der Waals surface area (Å²) < 4.78 is 1.74. The summed E-state index contributed by atoms with van der Waals surface area (Å²) in [5, 5.41) is 25.0. The van der Waals surface area contributed by atoms with E-state index < -0.39 is 4.92 Å². The van der Waals surface area contributed by atoms with Crippen molar-refractivity contribution in [1.29, 1.82) is 0 Å². The molecular weight excluding hydrogens is 511 g/mol. The summed E-state index contributed by atoms with van der Waals surface area (Å²) in [6.45, 7) is 0. The van der Waals surface area contributed by atoms with Gasteiger partial charge in [0.1, 0.15) is 0 Å². The van der Waals surface area contributed by atoms with Crippen LogP contribution in [0.5, 0.6) is 0 Å². The molecule has 0 atom stereocenters. The third kappa shape index (κ3) is 6.04. The SMILES string of the molecule is O=C(CSc1nnc(-c2cccc([N+](=O)[O-])c2)n1-c1ccccc1)NN=Cc1ccc(Cl)cc1Cl. The smallest absolute Gasteiger partial charge is 0.270 e. The molecule has 0 aliphatic heterocycles. The molecule has 9 nitrogen and oxygen atoms in total. The molecule has 35 heavy (non-hydrogen) atoms. The van der Waals surface area contributed by atoms with Crippen LogP contribution in [0.15, 0.2) is 83.1 Å². The fourth-order valence-electron chi connectivity index (χ4n) is 3.06. The van der Waals surface area contributed by atoms with Crippen molar-refractivity contribution < 1.29 is 9.72 Å². The zero-order chi connectivity index (χ0) is 24.8. The Bertz CT molecular complexity index is 1410. The Morgan fingerprint density at radius 3 is 2.63 bits per heavy atom. The molecule has 176 valence electrons. The highest BCUT2D eigenvalue weighted by Gasteiger charge is 2.19. The maximum absolute atomic E-state index is 12.4. The second-order valence-corrected chi connectivity index (χ2v) is 8.82. The van der Waals surface area contributed by atoms with E-state index in [0.717, 1.165) is 17.4 Å². The van der Waals surface area contributed by atoms with Crippen LogP contribution in [0.25, 0.3) is 17.1 Å². The highest BCUT2D eigenvalue weighted by atomic mass is 35.5. The fourth-order valence-corrected chi connectivity index (χ4v) is 4.26. The van der Waals surface area contributed by atoms with Crippen molar-refractivity contribution >= 4 is 52.8 Å². The van der Waals surface area contributed by atoms with Crippen molar-refractivity contribution in [2.75, 3.05) is 5.75 Å². The average molecular weight is 527 g/mol. The predicted octanol–water partition coefficient (Wildman–Crippen LogP) is 5.39. The number of benzene rings is 3. The number of thioether (sulfide) groups is 1. The summed E-state index contributed by atoms with van der Waals surface area (Å²) in [7, 11) is 0. The molecule has 4 rings (SSSR count). The van der Waals surface area contributed by atoms with Crippen molar-refractivity contribution in [2.24, 2.45) is 5.10 Å². The molecule has 0 aliphatic rings. The molecule has 0 spiro atoms. The number of carbonyl (C=O) groups excluding carboxylic acids is 1. The van der Waals surface area contributed by atoms with Gasteiger partial charge >= 0.3 is 0 Å². The molecular formula is C23H16Cl2N6O3S. The number of para-hydroxylation sites is 1. The van der Waals surface area contributed by atoms with Crippen LogP contribution in [0.4, 0.5) is 5.69 Å². The monoisotopic (exact) mass is 526 g/mol. The Kier molecular flexibility index (Phi) is 7.76. The highest BCUT2D eigenvalue weighted by molar-refractivity contribution is 7.99. The van der Waals surface area contributed by atoms with Crippen molar-refractivity contribution in [2.45, 2.75) is 5.16 Å². The van der Waals surface area contributed by atoms with E-state index in [1.165, 1.54) is 18.3 Å². The number of halogens is 2. The van der Waals surface area contributed by atoms with Gasteiger partial charge in [0.15, 0.2) is 11.0 Å². The Labute approximate surface area is 213 Å². The van der Waals surface area contributed by atoms with E-state index in [2.05, 4.69) is 20.7 Å². The normalized spacial score (nSPS) is 11.0. The number of rotatable bonds is 8. The third-order valence-corrected chi connectivity index (χ3v) is 6.14. The molecule has 0 radical (unpaired) electrons. The van der Waals surface area contributed by atoms with Crippen LogP contribution in [-0.4, -0.2) is 37.6 Å². The molecule has 1 N–H and O–H groups in total. The Hall–Kier alpha value is -3.73. The number of nitro benzene ring substituents is 1. The molecule has 0 fully saturated rings. The van der Waals surface area contributed by atoms with Gasteiger partial charge in [0, 0.05) is 34.0 Å². The van der Waals surface area contributed by atoms with Gasteiger partial charge in [-0.15, -0.1) is 10.2 Å². The molecule has 4 aromatic rings. The van der Waals surface area contributed by atoms with E-state index >= 15 is 0 Å². The largest absolute Gasteiger partial charge is 0.272 e. The first-order chi connectivity index (χ1) is 16.9. The summed E-state index contributed by atoms with van der Waals surface area (Å²) in [6, 6.07) is 20.4. The molecule has 3 aromatic carbocycles. The minimum atomic E-state index is -0.468. The van der Waals surface area contributed by atoms with Gasteiger partial charge in [0.05, 0.1) is 21.9 Å². The number of carbonyl (C=O) groups is 1. The molecule has 0 unspecified atom stereocenters. The van der Waals surface area contributed by atoms with Gasteiger partial charge in [0.2, 0.25) is 0 Å². The van der Waals surface area contributed by atoms with E-state index in [9.17, 15) is 14.9 Å². The summed E-state index contributed by atoms with van der Waals surface area (Å²) in [5.74, 6) is 0.0556. The molecule has 0 saturated carbocycles. The molecule has 12 heteroatoms. The van der Waals surface area contributed by atoms with Crippen molar-refractivity contribution in [3.63, 3.8) is 0 Å². The van der Waals surface area contributed by atoms with Crippen LogP contribution in [0.2, 0.25) is 10.0 Å². The molecule has 0 bridgehead atoms. The third-order valence-electron chi connectivity index (χ3n) is 4.65. The number of nitrogens with zero attached hydrogens (tertiary/aromatic N) is 5. The number of hydrogen-bond donors (Lipinski definition) is 1. The lowest BCUT2D eigenvalue weighted by atomic mass is 10.2. The van der Waals surface area contributed by atoms with Gasteiger partial charge in [-0.2, -0.15) is 5.10 Å². The molecule has 0 aliphatic carbocycles. The minimum absolute atomic E-state index is 0.00555. The van der Waals surface area contributed by atoms with Crippen LogP contribution in [0, 0.1) is 10.1 Å². The number of amides is 1. The van der Waals surface area contributed by atoms with Gasteiger partial charge in [-0.05, 0) is 24.3 Å². The van der Waals surface area contributed by atoms with Crippen LogP contribution in [-0.2, 0) is 4.79 Å². The highest BCUT2D eigenvalue weighted by Crippen LogP contribution is 2.29. The molecule has 1 amide bonds. The zero-order valence-corrected chi connectivity index (χ0v) is 20.2. The summed E-state index contributed by atoms with van der Waals surface area (Å²) in [5.41, 5.74) is 4.27. The second kappa shape index (κ2) is 11.1. The van der Waals surface area contributed by atoms with Crippen molar-refractivity contribution in [1.82, 2.24) is 20.2 Å². The maximum atomic E-state index is 12.4. The molecule has 0 saturated heterocycles. The summed E-state index contributed by atoms with van der Waals surface area (Å²) in [4.78, 5) is 23.1. The summed E-state index contributed by atoms with van der Waals surface area (Å²) in [6.07, 6.45) is 1.42. The van der Waals surface area contributed by atoms with Crippen molar-refractivity contribution in [3.05, 3.63) is 98.5 Å². The number of aromatic nitrogens is 3. The topological polar surface area (TPSA) is 115 Å². The number of hydrazone groups is 1. The fraction of sp³-hybridized carbons (Fsp3) is 0.0435. The lowest BCUT2D eigenvalue weighted by Gasteiger charge is -2.10. The Morgan fingerprint density at radius 2 is 1.89 bits per heavy atom. The van der Waals surface area contributed by atoms with Gasteiger partial charge in [0.25, 0.3) is 11.6 Å². The van der Waals surface area contributed by atoms with Gasteiger partial charge in [-0.1, -0.05) is 71.4 Å². The minimum Gasteiger partial charge on any atom is -0.272 e. The van der Waals surface area contributed by atoms with E-state index in [1.54, 1.807) is 34.9 Å². The van der Waals surface area contributed by atoms with Crippen LogP contribution < -0.4 is 5.43 Å². The Balaban J connectivity index is 1.53. The zero-order valence-electron chi connectivity index (χ0n) is 17.8. The quantitative estimate of drug-likeness (QED) is 0.142. The summed E-state index contributed by atoms with van der Waals surface area (Å²) >= 11 is 13.1. The van der Waals surface area contributed by atoms with Crippen LogP contribution >= 0.6 is 35.0 Å². The number of nitrogens with one attached hydrogen (secondary N) is 1. The van der Waals surface area contributed by atoms with Gasteiger partial charge in [-0.25, -0.2) is 5.43 Å². The first-order valence-electron chi connectivity index (χ1n) is 10.1. The standard InChI is InChI=1S/C23H16Cl2N6O3S/c24-17-10-9-16(20(25)12-17)13-26-27-21(32)14-35-23-29-28-22(30(23)18-6-2-1-3-7-18)15-5-4-8-19(11-15)31(33)34/h1-13H,14H2,(H,27,32). The van der Waals surface area contributed by atoms with Crippen molar-refractivity contribution in [3.8, 4) is 17.1 Å². The molecule has 1 heterocycles. The van der Waals surface area contributed by atoms with Gasteiger partial charge < -0.3 is 0 Å². The Morgan fingerprint density at radius 1 is 1.09 bits per heavy atom. The van der Waals surface area contributed by atoms with Crippen LogP contribution in [0.1, 0.15) is 5.56 Å². The molecule has 1 aromatic heterocycles. The number of nitro groups is 1. The van der Waals surface area contributed by atoms with E-state index in [-0.39, 0.29) is 17.3 Å². The first-order valence-corrected chi connectivity index (χ1v) is 11.8. The van der Waals surface area contributed by atoms with E-state index in [4.69, 9.17) is 23.2 Å². The lowest BCUT2D eigenvalue weighted by Crippen LogP contribution is -2.20. The van der Waals surface area contributed by atoms with Crippen LogP contribution in [0.3, 0.4) is 0 Å².